The van der Waals surface area contributed by atoms with E-state index in [0.29, 0.717) is 17.5 Å². The molecule has 150 valence electrons. The van der Waals surface area contributed by atoms with E-state index in [0.717, 1.165) is 16.9 Å². The van der Waals surface area contributed by atoms with E-state index < -0.39 is 11.9 Å². The van der Waals surface area contributed by atoms with Crippen molar-refractivity contribution in [2.45, 2.75) is 32.0 Å². The van der Waals surface area contributed by atoms with Gasteiger partial charge in [-0.3, -0.25) is 19.7 Å². The number of imide groups is 1. The second-order valence-electron chi connectivity index (χ2n) is 7.14. The Morgan fingerprint density at radius 1 is 1.21 bits per heavy atom. The van der Waals surface area contributed by atoms with Gasteiger partial charge in [0.05, 0.1) is 0 Å². The van der Waals surface area contributed by atoms with Gasteiger partial charge in [-0.05, 0) is 36.8 Å². The number of nitrogens with zero attached hydrogens (tertiary/aromatic N) is 1. The molecule has 0 unspecified atom stereocenters. The molecule has 7 nitrogen and oxygen atoms in total. The minimum atomic E-state index is -0.662. The molecule has 2 aromatic carbocycles. The van der Waals surface area contributed by atoms with Crippen LogP contribution < -0.4 is 16.0 Å². The third kappa shape index (κ3) is 3.53. The number of anilines is 2. The Morgan fingerprint density at radius 2 is 2.03 bits per heavy atom. The Balaban J connectivity index is 1.54. The van der Waals surface area contributed by atoms with Crippen molar-refractivity contribution in [2.24, 2.45) is 0 Å². The smallest absolute Gasteiger partial charge is 0.255 e. The number of amides is 3. The van der Waals surface area contributed by atoms with Crippen molar-refractivity contribution in [1.82, 2.24) is 10.2 Å². The molecule has 8 heteroatoms. The third-order valence-electron chi connectivity index (χ3n) is 5.39. The lowest BCUT2D eigenvalue weighted by Gasteiger charge is -2.29. The van der Waals surface area contributed by atoms with Crippen LogP contribution in [0, 0.1) is 5.82 Å². The number of fused-ring (bicyclic) bond motifs is 1. The Labute approximate surface area is 167 Å². The van der Waals surface area contributed by atoms with E-state index in [4.69, 9.17) is 0 Å². The number of carbonyl (C=O) groups excluding carboxylic acids is 3. The van der Waals surface area contributed by atoms with Crippen LogP contribution in [0.25, 0.3) is 0 Å². The summed E-state index contributed by atoms with van der Waals surface area (Å²) < 4.78 is 14.1. The maximum atomic E-state index is 14.1. The van der Waals surface area contributed by atoms with E-state index in [1.807, 2.05) is 6.07 Å². The van der Waals surface area contributed by atoms with Gasteiger partial charge in [-0.15, -0.1) is 0 Å². The molecule has 0 radical (unpaired) electrons. The third-order valence-corrected chi connectivity index (χ3v) is 5.39. The van der Waals surface area contributed by atoms with Crippen molar-refractivity contribution in [3.05, 3.63) is 58.9 Å². The Kier molecular flexibility index (Phi) is 4.92. The SMILES string of the molecule is CNc1ccc(F)c(CNc2cccc3c2CN([C@H]2CCC(=O)NC2=O)C3=O)c1. The first-order valence-corrected chi connectivity index (χ1v) is 9.44. The zero-order valence-electron chi connectivity index (χ0n) is 15.9. The first kappa shape index (κ1) is 18.9. The molecule has 3 amide bonds. The number of benzene rings is 2. The van der Waals surface area contributed by atoms with E-state index in [1.165, 1.54) is 11.0 Å². The summed E-state index contributed by atoms with van der Waals surface area (Å²) in [5.74, 6) is -1.31. The summed E-state index contributed by atoms with van der Waals surface area (Å²) >= 11 is 0. The minimum absolute atomic E-state index is 0.211. The molecule has 0 aromatic heterocycles. The minimum Gasteiger partial charge on any atom is -0.388 e. The molecule has 1 fully saturated rings. The quantitative estimate of drug-likeness (QED) is 0.675. The monoisotopic (exact) mass is 396 g/mol. The van der Waals surface area contributed by atoms with Gasteiger partial charge in [0.15, 0.2) is 0 Å². The molecule has 29 heavy (non-hydrogen) atoms. The number of rotatable bonds is 5. The van der Waals surface area contributed by atoms with Gasteiger partial charge in [0, 0.05) is 54.6 Å². The molecule has 1 saturated heterocycles. The van der Waals surface area contributed by atoms with Gasteiger partial charge >= 0.3 is 0 Å². The van der Waals surface area contributed by atoms with E-state index >= 15 is 0 Å². The summed E-state index contributed by atoms with van der Waals surface area (Å²) in [7, 11) is 1.77. The molecule has 3 N–H and O–H groups in total. The molecule has 0 bridgehead atoms. The maximum Gasteiger partial charge on any atom is 0.255 e. The fourth-order valence-corrected chi connectivity index (χ4v) is 3.81. The van der Waals surface area contributed by atoms with Gasteiger partial charge in [-0.2, -0.15) is 0 Å². The average Bonchev–Trinajstić information content (AvgIpc) is 3.04. The van der Waals surface area contributed by atoms with Crippen molar-refractivity contribution < 1.29 is 18.8 Å². The van der Waals surface area contributed by atoms with E-state index in [1.54, 1.807) is 31.3 Å². The van der Waals surface area contributed by atoms with Crippen LogP contribution in [0.1, 0.15) is 34.3 Å². The van der Waals surface area contributed by atoms with Crippen LogP contribution in [0.4, 0.5) is 15.8 Å². The predicted octanol–water partition coefficient (Wildman–Crippen LogP) is 2.24. The van der Waals surface area contributed by atoms with Crippen molar-refractivity contribution in [3.63, 3.8) is 0 Å². The standard InChI is InChI=1S/C21H21FN4O3/c1-23-13-5-6-16(22)12(9-13)10-24-17-4-2-3-14-15(17)11-26(21(14)29)18-7-8-19(27)25-20(18)28/h2-6,9,18,23-24H,7-8,10-11H2,1H3,(H,25,27,28)/t18-/m0/s1. The number of piperidine rings is 1. The van der Waals surface area contributed by atoms with Crippen molar-refractivity contribution in [1.29, 1.82) is 0 Å². The molecule has 2 aliphatic rings. The van der Waals surface area contributed by atoms with Crippen LogP contribution in [0.3, 0.4) is 0 Å². The predicted molar refractivity (Wildman–Crippen MR) is 106 cm³/mol. The summed E-state index contributed by atoms with van der Waals surface area (Å²) in [6.07, 6.45) is 0.526. The first-order valence-electron chi connectivity index (χ1n) is 9.44. The van der Waals surface area contributed by atoms with Crippen LogP contribution >= 0.6 is 0 Å². The van der Waals surface area contributed by atoms with Gasteiger partial charge in [-0.25, -0.2) is 4.39 Å². The number of hydrogen-bond donors (Lipinski definition) is 3. The summed E-state index contributed by atoms with van der Waals surface area (Å²) in [4.78, 5) is 37.9. The number of carbonyl (C=O) groups is 3. The van der Waals surface area contributed by atoms with Crippen molar-refractivity contribution in [3.8, 4) is 0 Å². The molecule has 4 rings (SSSR count). The summed E-state index contributed by atoms with van der Waals surface area (Å²) in [6.45, 7) is 0.521. The van der Waals surface area contributed by atoms with Gasteiger partial charge < -0.3 is 15.5 Å². The van der Waals surface area contributed by atoms with Gasteiger partial charge in [-0.1, -0.05) is 6.07 Å². The summed E-state index contributed by atoms with van der Waals surface area (Å²) in [6, 6.07) is 9.45. The van der Waals surface area contributed by atoms with Crippen LogP contribution in [0.2, 0.25) is 0 Å². The highest BCUT2D eigenvalue weighted by Gasteiger charge is 2.39. The number of nitrogens with one attached hydrogen (secondary N) is 3. The molecular formula is C21H21FN4O3. The van der Waals surface area contributed by atoms with E-state index in [9.17, 15) is 18.8 Å². The number of hydrogen-bond acceptors (Lipinski definition) is 5. The summed E-state index contributed by atoms with van der Waals surface area (Å²) in [5, 5.41) is 8.49. The van der Waals surface area contributed by atoms with Crippen LogP contribution in [0.15, 0.2) is 36.4 Å². The lowest BCUT2D eigenvalue weighted by atomic mass is 10.0. The van der Waals surface area contributed by atoms with E-state index in [-0.39, 0.29) is 37.1 Å². The van der Waals surface area contributed by atoms with Gasteiger partial charge in [0.25, 0.3) is 5.91 Å². The van der Waals surface area contributed by atoms with Crippen LogP contribution in [0.5, 0.6) is 0 Å². The van der Waals surface area contributed by atoms with Crippen LogP contribution in [-0.2, 0) is 22.7 Å². The zero-order chi connectivity index (χ0) is 20.5. The molecule has 0 saturated carbocycles. The molecular weight excluding hydrogens is 375 g/mol. The Bertz CT molecular complexity index is 1010. The van der Waals surface area contributed by atoms with Crippen LogP contribution in [-0.4, -0.2) is 35.7 Å². The van der Waals surface area contributed by atoms with Crippen molar-refractivity contribution in [2.75, 3.05) is 17.7 Å². The molecule has 2 aliphatic heterocycles. The Hall–Kier alpha value is -3.42. The fourth-order valence-electron chi connectivity index (χ4n) is 3.81. The highest BCUT2D eigenvalue weighted by Crippen LogP contribution is 2.32. The second kappa shape index (κ2) is 7.54. The molecule has 2 heterocycles. The lowest BCUT2D eigenvalue weighted by Crippen LogP contribution is -2.52. The topological polar surface area (TPSA) is 90.5 Å². The van der Waals surface area contributed by atoms with Gasteiger partial charge in [0.2, 0.25) is 11.8 Å². The lowest BCUT2D eigenvalue weighted by molar-refractivity contribution is -0.136. The fraction of sp³-hybridized carbons (Fsp3) is 0.286. The van der Waals surface area contributed by atoms with E-state index in [2.05, 4.69) is 16.0 Å². The largest absolute Gasteiger partial charge is 0.388 e. The van der Waals surface area contributed by atoms with Crippen molar-refractivity contribution >= 4 is 29.1 Å². The zero-order valence-corrected chi connectivity index (χ0v) is 15.9. The molecule has 0 aliphatic carbocycles. The molecule has 1 atom stereocenters. The highest BCUT2D eigenvalue weighted by atomic mass is 19.1. The first-order chi connectivity index (χ1) is 14.0. The highest BCUT2D eigenvalue weighted by molar-refractivity contribution is 6.06. The number of halogens is 1. The van der Waals surface area contributed by atoms with Gasteiger partial charge in [0.1, 0.15) is 11.9 Å². The second-order valence-corrected chi connectivity index (χ2v) is 7.14. The summed E-state index contributed by atoms with van der Waals surface area (Å²) in [5.41, 5.74) is 3.32. The maximum absolute atomic E-state index is 14.1. The molecule has 0 spiro atoms. The Morgan fingerprint density at radius 3 is 2.79 bits per heavy atom. The molecule has 2 aromatic rings. The normalized spacial score (nSPS) is 18.5. The average molecular weight is 396 g/mol.